The van der Waals surface area contributed by atoms with Gasteiger partial charge in [-0.15, -0.1) is 0 Å². The van der Waals surface area contributed by atoms with Gasteiger partial charge in [0.2, 0.25) is 5.91 Å². The van der Waals surface area contributed by atoms with Gasteiger partial charge in [-0.05, 0) is 49.2 Å². The normalized spacial score (nSPS) is 14.5. The number of para-hydroxylation sites is 1. The first-order valence-electron chi connectivity index (χ1n) is 9.05. The van der Waals surface area contributed by atoms with Gasteiger partial charge in [0, 0.05) is 18.8 Å². The molecule has 2 aromatic carbocycles. The second-order valence-electron chi connectivity index (χ2n) is 6.85. The monoisotopic (exact) mass is 401 g/mol. The summed E-state index contributed by atoms with van der Waals surface area (Å²) in [6.07, 6.45) is 0.936. The molecule has 0 aliphatic carbocycles. The summed E-state index contributed by atoms with van der Waals surface area (Å²) in [4.78, 5) is 25.9. The van der Waals surface area contributed by atoms with Gasteiger partial charge in [-0.1, -0.05) is 19.1 Å². The van der Waals surface area contributed by atoms with Crippen molar-refractivity contribution >= 4 is 33.2 Å². The standard InChI is InChI=1S/C20H23N3O4S/c1-4-13(2)21-20(25)16-7-5-6-8-17(16)22-28(26,27)15-9-10-18-14(11-15)12-19(24)23(18)3/h5-11,13,22H,4,12H2,1-3H3,(H,21,25). The number of fused-ring (bicyclic) bond motifs is 1. The Balaban J connectivity index is 1.89. The van der Waals surface area contributed by atoms with Gasteiger partial charge >= 0.3 is 0 Å². The summed E-state index contributed by atoms with van der Waals surface area (Å²) < 4.78 is 28.3. The molecule has 1 unspecified atom stereocenters. The minimum absolute atomic E-state index is 0.0246. The van der Waals surface area contributed by atoms with E-state index < -0.39 is 10.0 Å². The molecule has 28 heavy (non-hydrogen) atoms. The molecule has 8 heteroatoms. The average molecular weight is 401 g/mol. The summed E-state index contributed by atoms with van der Waals surface area (Å²) in [5.41, 5.74) is 1.83. The predicted octanol–water partition coefficient (Wildman–Crippen LogP) is 2.53. The zero-order valence-corrected chi connectivity index (χ0v) is 16.8. The van der Waals surface area contributed by atoms with Gasteiger partial charge in [0.25, 0.3) is 15.9 Å². The summed E-state index contributed by atoms with van der Waals surface area (Å²) in [6, 6.07) is 11.0. The van der Waals surface area contributed by atoms with Gasteiger partial charge in [-0.3, -0.25) is 14.3 Å². The highest BCUT2D eigenvalue weighted by Crippen LogP contribution is 2.30. The Kier molecular flexibility index (Phi) is 5.42. The fourth-order valence-electron chi connectivity index (χ4n) is 2.99. The molecular weight excluding hydrogens is 378 g/mol. The maximum Gasteiger partial charge on any atom is 0.261 e. The Hall–Kier alpha value is -2.87. The molecule has 0 spiro atoms. The third kappa shape index (κ3) is 3.87. The largest absolute Gasteiger partial charge is 0.350 e. The summed E-state index contributed by atoms with van der Waals surface area (Å²) in [6.45, 7) is 3.84. The lowest BCUT2D eigenvalue weighted by Gasteiger charge is -2.16. The molecule has 7 nitrogen and oxygen atoms in total. The molecule has 1 atom stereocenters. The number of rotatable bonds is 6. The first-order valence-corrected chi connectivity index (χ1v) is 10.5. The van der Waals surface area contributed by atoms with Crippen LogP contribution in [0, 0.1) is 0 Å². The number of nitrogens with one attached hydrogen (secondary N) is 2. The first kappa shape index (κ1) is 19.9. The van der Waals surface area contributed by atoms with Crippen molar-refractivity contribution in [2.45, 2.75) is 37.6 Å². The smallest absolute Gasteiger partial charge is 0.261 e. The van der Waals surface area contributed by atoms with Crippen molar-refractivity contribution in [2.75, 3.05) is 16.7 Å². The van der Waals surface area contributed by atoms with Crippen LogP contribution in [-0.2, 0) is 21.2 Å². The molecule has 2 aromatic rings. The van der Waals surface area contributed by atoms with E-state index in [1.165, 1.54) is 17.0 Å². The number of hydrogen-bond donors (Lipinski definition) is 2. The molecule has 1 aliphatic rings. The molecule has 0 aromatic heterocycles. The van der Waals surface area contributed by atoms with E-state index in [0.717, 1.165) is 6.42 Å². The number of carbonyl (C=O) groups excluding carboxylic acids is 2. The molecule has 0 bridgehead atoms. The van der Waals surface area contributed by atoms with E-state index in [-0.39, 0.29) is 40.4 Å². The number of nitrogens with zero attached hydrogens (tertiary/aromatic N) is 1. The summed E-state index contributed by atoms with van der Waals surface area (Å²) in [7, 11) is -2.26. The Labute approximate surface area is 164 Å². The number of amides is 2. The Bertz CT molecular complexity index is 1030. The van der Waals surface area contributed by atoms with Crippen LogP contribution in [0.4, 0.5) is 11.4 Å². The summed E-state index contributed by atoms with van der Waals surface area (Å²) in [5, 5.41) is 2.84. The highest BCUT2D eigenvalue weighted by Gasteiger charge is 2.27. The molecule has 3 rings (SSSR count). The van der Waals surface area contributed by atoms with E-state index in [2.05, 4.69) is 10.0 Å². The fraction of sp³-hybridized carbons (Fsp3) is 0.300. The van der Waals surface area contributed by atoms with E-state index in [0.29, 0.717) is 11.3 Å². The van der Waals surface area contributed by atoms with Gasteiger partial charge in [-0.2, -0.15) is 0 Å². The second-order valence-corrected chi connectivity index (χ2v) is 8.54. The minimum atomic E-state index is -3.92. The average Bonchev–Trinajstić information content (AvgIpc) is 2.95. The van der Waals surface area contributed by atoms with Crippen LogP contribution < -0.4 is 14.9 Å². The lowest BCUT2D eigenvalue weighted by atomic mass is 10.1. The van der Waals surface area contributed by atoms with Crippen molar-refractivity contribution in [3.05, 3.63) is 53.6 Å². The highest BCUT2D eigenvalue weighted by molar-refractivity contribution is 7.92. The number of carbonyl (C=O) groups is 2. The zero-order chi connectivity index (χ0) is 20.5. The molecular formula is C20H23N3O4S. The van der Waals surface area contributed by atoms with Gasteiger partial charge < -0.3 is 10.2 Å². The molecule has 1 aliphatic heterocycles. The SMILES string of the molecule is CCC(C)NC(=O)c1ccccc1NS(=O)(=O)c1ccc2c(c1)CC(=O)N2C. The van der Waals surface area contributed by atoms with E-state index in [4.69, 9.17) is 0 Å². The van der Waals surface area contributed by atoms with Crippen molar-refractivity contribution in [3.8, 4) is 0 Å². The Morgan fingerprint density at radius 3 is 2.64 bits per heavy atom. The number of hydrogen-bond acceptors (Lipinski definition) is 4. The first-order chi connectivity index (χ1) is 13.2. The zero-order valence-electron chi connectivity index (χ0n) is 16.0. The van der Waals surface area contributed by atoms with E-state index in [1.54, 1.807) is 37.4 Å². The molecule has 0 fully saturated rings. The molecule has 0 saturated heterocycles. The lowest BCUT2D eigenvalue weighted by molar-refractivity contribution is -0.117. The number of anilines is 2. The van der Waals surface area contributed by atoms with Crippen molar-refractivity contribution in [3.63, 3.8) is 0 Å². The quantitative estimate of drug-likeness (QED) is 0.778. The van der Waals surface area contributed by atoms with Gasteiger partial charge in [-0.25, -0.2) is 8.42 Å². The number of likely N-dealkylation sites (N-methyl/N-ethyl adjacent to an activating group) is 1. The number of benzene rings is 2. The second kappa shape index (κ2) is 7.63. The maximum absolute atomic E-state index is 12.9. The van der Waals surface area contributed by atoms with Gasteiger partial charge in [0.1, 0.15) is 0 Å². The van der Waals surface area contributed by atoms with Crippen molar-refractivity contribution in [1.29, 1.82) is 0 Å². The third-order valence-electron chi connectivity index (χ3n) is 4.84. The van der Waals surface area contributed by atoms with Crippen molar-refractivity contribution in [1.82, 2.24) is 5.32 Å². The number of sulfonamides is 1. The minimum Gasteiger partial charge on any atom is -0.350 e. The highest BCUT2D eigenvalue weighted by atomic mass is 32.2. The van der Waals surface area contributed by atoms with Crippen LogP contribution >= 0.6 is 0 Å². The van der Waals surface area contributed by atoms with Gasteiger partial charge in [0.15, 0.2) is 0 Å². The van der Waals surface area contributed by atoms with E-state index in [9.17, 15) is 18.0 Å². The lowest BCUT2D eigenvalue weighted by Crippen LogP contribution is -2.32. The molecule has 0 saturated carbocycles. The summed E-state index contributed by atoms with van der Waals surface area (Å²) in [5.74, 6) is -0.418. The van der Waals surface area contributed by atoms with Crippen LogP contribution in [0.1, 0.15) is 36.2 Å². The van der Waals surface area contributed by atoms with E-state index in [1.807, 2.05) is 13.8 Å². The van der Waals surface area contributed by atoms with Crippen LogP contribution in [0.3, 0.4) is 0 Å². The molecule has 0 radical (unpaired) electrons. The van der Waals surface area contributed by atoms with Crippen LogP contribution in [0.15, 0.2) is 47.4 Å². The fourth-order valence-corrected chi connectivity index (χ4v) is 4.12. The Morgan fingerprint density at radius 2 is 1.93 bits per heavy atom. The van der Waals surface area contributed by atoms with Crippen molar-refractivity contribution < 1.29 is 18.0 Å². The molecule has 1 heterocycles. The maximum atomic E-state index is 12.9. The van der Waals surface area contributed by atoms with Crippen LogP contribution in [0.5, 0.6) is 0 Å². The van der Waals surface area contributed by atoms with Crippen molar-refractivity contribution in [2.24, 2.45) is 0 Å². The Morgan fingerprint density at radius 1 is 1.21 bits per heavy atom. The topological polar surface area (TPSA) is 95.6 Å². The van der Waals surface area contributed by atoms with Crippen LogP contribution in [-0.4, -0.2) is 33.3 Å². The van der Waals surface area contributed by atoms with Crippen LogP contribution in [0.2, 0.25) is 0 Å². The summed E-state index contributed by atoms with van der Waals surface area (Å²) >= 11 is 0. The molecule has 2 N–H and O–H groups in total. The molecule has 2 amide bonds. The van der Waals surface area contributed by atoms with Gasteiger partial charge in [0.05, 0.1) is 22.6 Å². The molecule has 148 valence electrons. The third-order valence-corrected chi connectivity index (χ3v) is 6.21. The predicted molar refractivity (Wildman–Crippen MR) is 108 cm³/mol. The van der Waals surface area contributed by atoms with Crippen LogP contribution in [0.25, 0.3) is 0 Å². The van der Waals surface area contributed by atoms with E-state index >= 15 is 0 Å².